The molecule has 0 aromatic heterocycles. The van der Waals surface area contributed by atoms with E-state index in [0.29, 0.717) is 5.92 Å². The molecule has 0 amide bonds. The maximum atomic E-state index is 3.75. The van der Waals surface area contributed by atoms with Crippen LogP contribution in [0.5, 0.6) is 0 Å². The number of allylic oxidation sites excluding steroid dienone is 1. The minimum atomic E-state index is 0. The molecule has 0 N–H and O–H groups in total. The van der Waals surface area contributed by atoms with Crippen molar-refractivity contribution in [3.8, 4) is 22.3 Å². The van der Waals surface area contributed by atoms with Gasteiger partial charge in [-0.25, -0.2) is 0 Å². The van der Waals surface area contributed by atoms with Crippen molar-refractivity contribution in [2.75, 3.05) is 0 Å². The summed E-state index contributed by atoms with van der Waals surface area (Å²) in [6.45, 7) is 8.99. The average Bonchev–Trinajstić information content (AvgIpc) is 3.60. The van der Waals surface area contributed by atoms with Gasteiger partial charge in [0.1, 0.15) is 0 Å². The van der Waals surface area contributed by atoms with Crippen molar-refractivity contribution < 1.29 is 51.0 Å². The van der Waals surface area contributed by atoms with Gasteiger partial charge in [0.25, 0.3) is 0 Å². The molecule has 6 aromatic rings. The molecule has 2 aliphatic carbocycles. The molecule has 6 aromatic carbocycles. The van der Waals surface area contributed by atoms with Gasteiger partial charge in [-0.1, -0.05) is 130 Å². The fourth-order valence-corrected chi connectivity index (χ4v) is 7.15. The van der Waals surface area contributed by atoms with Crippen LogP contribution < -0.4 is 24.8 Å². The topological polar surface area (TPSA) is 0 Å². The first kappa shape index (κ1) is 35.1. The van der Waals surface area contributed by atoms with E-state index in [0.717, 1.165) is 15.9 Å². The van der Waals surface area contributed by atoms with E-state index in [1.807, 2.05) is 0 Å². The van der Waals surface area contributed by atoms with Crippen LogP contribution in [0.1, 0.15) is 47.6 Å². The van der Waals surface area contributed by atoms with Gasteiger partial charge in [-0.2, -0.15) is 18.2 Å². The van der Waals surface area contributed by atoms with Crippen LogP contribution in [0.2, 0.25) is 13.1 Å². The van der Waals surface area contributed by atoms with E-state index >= 15 is 0 Å². The molecule has 0 heterocycles. The van der Waals surface area contributed by atoms with Crippen molar-refractivity contribution in [2.24, 2.45) is 5.92 Å². The quantitative estimate of drug-likeness (QED) is 0.137. The number of hydrogen-bond donors (Lipinski definition) is 0. The van der Waals surface area contributed by atoms with Crippen LogP contribution in [0.4, 0.5) is 0 Å². The molecule has 0 nitrogen and oxygen atoms in total. The number of halogens is 2. The Morgan fingerprint density at radius 2 is 1.31 bits per heavy atom. The molecule has 0 spiro atoms. The Balaban J connectivity index is 0.000000741. The van der Waals surface area contributed by atoms with E-state index in [1.165, 1.54) is 77.2 Å². The molecular formula is C41H35Cl2SiZr. The minimum Gasteiger partial charge on any atom is -1.00 e. The van der Waals surface area contributed by atoms with Crippen molar-refractivity contribution >= 4 is 37.1 Å². The van der Waals surface area contributed by atoms with Gasteiger partial charge >= 0.3 is 26.2 Å². The number of rotatable bonds is 3. The van der Waals surface area contributed by atoms with Crippen molar-refractivity contribution in [3.63, 3.8) is 0 Å². The third-order valence-electron chi connectivity index (χ3n) is 8.90. The fourth-order valence-electron chi connectivity index (χ4n) is 7.15. The summed E-state index contributed by atoms with van der Waals surface area (Å²) in [6, 6.07) is 44.0. The molecule has 4 heteroatoms. The molecule has 0 bridgehead atoms. The summed E-state index contributed by atoms with van der Waals surface area (Å²) in [6.07, 6.45) is 3.49. The van der Waals surface area contributed by atoms with Crippen molar-refractivity contribution in [3.05, 3.63) is 149 Å². The third-order valence-corrected chi connectivity index (χ3v) is 8.90. The van der Waals surface area contributed by atoms with E-state index < -0.39 is 0 Å². The molecule has 0 aliphatic heterocycles. The Kier molecular flexibility index (Phi) is 11.5. The number of benzene rings is 6. The second-order valence-corrected chi connectivity index (χ2v) is 12.9. The van der Waals surface area contributed by atoms with Gasteiger partial charge in [0.15, 0.2) is 0 Å². The number of hydrogen-bond acceptors (Lipinski definition) is 0. The van der Waals surface area contributed by atoms with Gasteiger partial charge in [0.2, 0.25) is 0 Å². The predicted octanol–water partition coefficient (Wildman–Crippen LogP) is 5.01. The molecular weight excluding hydrogens is 683 g/mol. The van der Waals surface area contributed by atoms with Crippen molar-refractivity contribution in [1.29, 1.82) is 0 Å². The second-order valence-electron chi connectivity index (χ2n) is 11.9. The zero-order chi connectivity index (χ0) is 28.8. The second kappa shape index (κ2) is 14.8. The van der Waals surface area contributed by atoms with Crippen LogP contribution in [0, 0.1) is 12.0 Å². The van der Waals surface area contributed by atoms with E-state index in [1.54, 1.807) is 0 Å². The molecule has 0 saturated carbocycles. The summed E-state index contributed by atoms with van der Waals surface area (Å²) in [5.74, 6) is 0.665. The Morgan fingerprint density at radius 1 is 0.711 bits per heavy atom. The van der Waals surface area contributed by atoms with Crippen LogP contribution in [-0.2, 0) is 32.6 Å². The zero-order valence-electron chi connectivity index (χ0n) is 26.1. The Bertz CT molecular complexity index is 1960. The summed E-state index contributed by atoms with van der Waals surface area (Å²) in [5.41, 5.74) is 13.9. The largest absolute Gasteiger partial charge is 3.00 e. The first-order chi connectivity index (χ1) is 20.6. The van der Waals surface area contributed by atoms with E-state index in [9.17, 15) is 0 Å². The molecule has 1 unspecified atom stereocenters. The standard InChI is InChI=1S/C39H29.C2H6Si.2ClH.Zr/c1-24(2)35-23-37-33(38-29-15-7-4-11-25(29)21-26-12-5-8-16-30(26)38)19-10-20-34(37)39(35)32-18-9-17-31-28-14-6-3-13-27(28)22-36(31)32;1-3-2;;;/h3-17,19-21,23-24,39H,22H2,1-2H3;1-2H3;2*1H;/q-1;;;;+3/p-2. The molecule has 0 saturated heterocycles. The molecule has 0 fully saturated rings. The van der Waals surface area contributed by atoms with Crippen LogP contribution in [0.15, 0.2) is 115 Å². The van der Waals surface area contributed by atoms with E-state index in [4.69, 9.17) is 0 Å². The summed E-state index contributed by atoms with van der Waals surface area (Å²) >= 11 is 0. The Hall–Kier alpha value is -2.74. The van der Waals surface area contributed by atoms with Gasteiger partial charge in [-0.3, -0.25) is 0 Å². The normalized spacial score (nSPS) is 13.8. The third kappa shape index (κ3) is 6.08. The van der Waals surface area contributed by atoms with Crippen molar-refractivity contribution in [2.45, 2.75) is 39.3 Å². The summed E-state index contributed by atoms with van der Waals surface area (Å²) in [5, 5.41) is 5.21. The molecule has 221 valence electrons. The SMILES string of the molecule is CC(C)C1=Cc2c(-c3c4ccccc4cc4ccccc34)cccc2C1c1[c-]ccc2c1Cc1ccccc1-2.C[Si]C.[Cl-].[Cl-].[Zr+3]. The first-order valence-electron chi connectivity index (χ1n) is 15.1. The molecule has 45 heavy (non-hydrogen) atoms. The first-order valence-corrected chi connectivity index (χ1v) is 17.1. The predicted molar refractivity (Wildman–Crippen MR) is 183 cm³/mol. The average molecular weight is 718 g/mol. The molecule has 1 atom stereocenters. The van der Waals surface area contributed by atoms with E-state index in [-0.39, 0.29) is 56.9 Å². The minimum absolute atomic E-state index is 0. The monoisotopic (exact) mass is 715 g/mol. The summed E-state index contributed by atoms with van der Waals surface area (Å²) in [7, 11) is 1.08. The zero-order valence-corrected chi connectivity index (χ0v) is 31.1. The Labute approximate surface area is 302 Å². The summed E-state index contributed by atoms with van der Waals surface area (Å²) in [4.78, 5) is 0. The van der Waals surface area contributed by atoms with Gasteiger partial charge in [-0.05, 0) is 73.3 Å². The van der Waals surface area contributed by atoms with Crippen LogP contribution in [-0.4, -0.2) is 9.52 Å². The molecule has 8 rings (SSSR count). The van der Waals surface area contributed by atoms with Crippen LogP contribution in [0.3, 0.4) is 0 Å². The van der Waals surface area contributed by atoms with Crippen LogP contribution in [0.25, 0.3) is 49.9 Å². The molecule has 2 aliphatic rings. The van der Waals surface area contributed by atoms with Gasteiger partial charge in [0.05, 0.1) is 0 Å². The van der Waals surface area contributed by atoms with Crippen molar-refractivity contribution in [1.82, 2.24) is 0 Å². The number of fused-ring (bicyclic) bond motifs is 6. The van der Waals surface area contributed by atoms with E-state index in [2.05, 4.69) is 148 Å². The molecule has 3 radical (unpaired) electrons. The van der Waals surface area contributed by atoms with Crippen LogP contribution >= 0.6 is 0 Å². The van der Waals surface area contributed by atoms with Gasteiger partial charge in [-0.15, -0.1) is 16.7 Å². The van der Waals surface area contributed by atoms with Gasteiger partial charge < -0.3 is 24.8 Å². The fraction of sp³-hybridized carbons (Fsp3) is 0.171. The Morgan fingerprint density at radius 3 is 1.98 bits per heavy atom. The summed E-state index contributed by atoms with van der Waals surface area (Å²) < 4.78 is 0. The smallest absolute Gasteiger partial charge is 1.00 e. The maximum absolute atomic E-state index is 3.75. The maximum Gasteiger partial charge on any atom is 3.00 e. The van der Waals surface area contributed by atoms with Gasteiger partial charge in [0, 0.05) is 15.4 Å².